The third-order valence-corrected chi connectivity index (χ3v) is 7.55. The molecular formula is C27H36N4O3. The van der Waals surface area contributed by atoms with Gasteiger partial charge in [0.1, 0.15) is 11.5 Å². The van der Waals surface area contributed by atoms with Gasteiger partial charge in [0.25, 0.3) is 5.91 Å². The zero-order chi connectivity index (χ0) is 24.5. The number of hydrogen-bond donors (Lipinski definition) is 3. The van der Waals surface area contributed by atoms with Crippen molar-refractivity contribution >= 4 is 16.9 Å². The summed E-state index contributed by atoms with van der Waals surface area (Å²) < 4.78 is 5.26. The highest BCUT2D eigenvalue weighted by atomic mass is 16.5. The number of H-pyrrole nitrogens is 1. The molecule has 0 bridgehead atoms. The number of imidazole rings is 1. The molecule has 0 unspecified atom stereocenters. The standard InChI is InChI=1S/C27H36N4O3/c1-17(2)24(30-26(33)25-28-22-10-9-21(34-5)14-23(22)29-25)16-31-12-11-27(4,18(3)15-31)19-7-6-8-20(32)13-19/h6-10,13-14,17-18,24,32H,11-12,15-16H2,1-5H3,(H,28,29)(H,30,33)/t18-,24+,27+/m0/s1. The number of benzene rings is 2. The van der Waals surface area contributed by atoms with Gasteiger partial charge in [-0.05, 0) is 60.0 Å². The van der Waals surface area contributed by atoms with Crippen molar-refractivity contribution in [3.05, 3.63) is 53.9 Å². The van der Waals surface area contributed by atoms with Gasteiger partial charge < -0.3 is 25.0 Å². The minimum Gasteiger partial charge on any atom is -0.508 e. The van der Waals surface area contributed by atoms with E-state index in [1.165, 1.54) is 5.56 Å². The number of nitrogens with one attached hydrogen (secondary N) is 2. The van der Waals surface area contributed by atoms with E-state index in [4.69, 9.17) is 4.74 Å². The molecule has 3 aromatic rings. The molecule has 1 aliphatic rings. The van der Waals surface area contributed by atoms with E-state index >= 15 is 0 Å². The molecule has 1 amide bonds. The number of likely N-dealkylation sites (tertiary alicyclic amines) is 1. The van der Waals surface area contributed by atoms with Crippen molar-refractivity contribution in [3.63, 3.8) is 0 Å². The molecule has 1 saturated heterocycles. The van der Waals surface area contributed by atoms with E-state index in [2.05, 4.69) is 53.9 Å². The molecule has 2 heterocycles. The highest BCUT2D eigenvalue weighted by molar-refractivity contribution is 5.94. The lowest BCUT2D eigenvalue weighted by atomic mass is 9.68. The van der Waals surface area contributed by atoms with Gasteiger partial charge in [-0.1, -0.05) is 39.8 Å². The Morgan fingerprint density at radius 1 is 1.32 bits per heavy atom. The predicted molar refractivity (Wildman–Crippen MR) is 134 cm³/mol. The van der Waals surface area contributed by atoms with Gasteiger partial charge in [0.05, 0.1) is 18.1 Å². The summed E-state index contributed by atoms with van der Waals surface area (Å²) in [6, 6.07) is 13.2. The number of ether oxygens (including phenoxy) is 1. The van der Waals surface area contributed by atoms with Crippen molar-refractivity contribution in [1.29, 1.82) is 0 Å². The number of hydrogen-bond acceptors (Lipinski definition) is 5. The van der Waals surface area contributed by atoms with Gasteiger partial charge in [0.2, 0.25) is 0 Å². The smallest absolute Gasteiger partial charge is 0.287 e. The lowest BCUT2D eigenvalue weighted by Crippen LogP contribution is -2.53. The van der Waals surface area contributed by atoms with Gasteiger partial charge in [-0.25, -0.2) is 4.98 Å². The summed E-state index contributed by atoms with van der Waals surface area (Å²) >= 11 is 0. The Kier molecular flexibility index (Phi) is 6.84. The number of phenols is 1. The fraction of sp³-hybridized carbons (Fsp3) is 0.481. The molecule has 0 aliphatic carbocycles. The molecule has 3 atom stereocenters. The number of fused-ring (bicyclic) bond motifs is 1. The van der Waals surface area contributed by atoms with Gasteiger partial charge in [-0.3, -0.25) is 4.79 Å². The summed E-state index contributed by atoms with van der Waals surface area (Å²) in [5.74, 6) is 1.86. The first-order valence-corrected chi connectivity index (χ1v) is 12.1. The first-order valence-electron chi connectivity index (χ1n) is 12.1. The number of aromatic amines is 1. The van der Waals surface area contributed by atoms with E-state index < -0.39 is 0 Å². The number of piperidine rings is 1. The largest absolute Gasteiger partial charge is 0.508 e. The molecular weight excluding hydrogens is 428 g/mol. The molecule has 7 heteroatoms. The van der Waals surface area contributed by atoms with Crippen LogP contribution in [-0.4, -0.2) is 58.7 Å². The van der Waals surface area contributed by atoms with Crippen molar-refractivity contribution < 1.29 is 14.6 Å². The SMILES string of the molecule is COc1ccc2nc(C(=O)N[C@H](CN3CC[C@@](C)(c4cccc(O)c4)[C@@H](C)C3)C(C)C)[nH]c2c1. The zero-order valence-corrected chi connectivity index (χ0v) is 20.8. The molecule has 1 aliphatic heterocycles. The number of methoxy groups -OCH3 is 1. The molecule has 0 radical (unpaired) electrons. The number of rotatable bonds is 7. The van der Waals surface area contributed by atoms with E-state index in [0.717, 1.165) is 42.8 Å². The second-order valence-electron chi connectivity index (χ2n) is 10.2. The van der Waals surface area contributed by atoms with E-state index in [-0.39, 0.29) is 23.3 Å². The van der Waals surface area contributed by atoms with E-state index in [1.807, 2.05) is 30.3 Å². The first-order chi connectivity index (χ1) is 16.2. The minimum atomic E-state index is -0.191. The Labute approximate surface area is 201 Å². The average molecular weight is 465 g/mol. The van der Waals surface area contributed by atoms with Crippen LogP contribution in [0, 0.1) is 11.8 Å². The molecule has 1 aromatic heterocycles. The second kappa shape index (κ2) is 9.66. The highest BCUT2D eigenvalue weighted by Crippen LogP contribution is 2.40. The first kappa shape index (κ1) is 24.1. The number of phenolic OH excluding ortho intramolecular Hbond substituents is 1. The Morgan fingerprint density at radius 3 is 2.79 bits per heavy atom. The van der Waals surface area contributed by atoms with Gasteiger partial charge in [-0.2, -0.15) is 0 Å². The van der Waals surface area contributed by atoms with Crippen molar-refractivity contribution in [2.75, 3.05) is 26.7 Å². The number of amides is 1. The lowest BCUT2D eigenvalue weighted by Gasteiger charge is -2.46. The minimum absolute atomic E-state index is 0.00701. The predicted octanol–water partition coefficient (Wildman–Crippen LogP) is 4.33. The molecule has 2 aromatic carbocycles. The topological polar surface area (TPSA) is 90.5 Å². The average Bonchev–Trinajstić information content (AvgIpc) is 3.24. The Balaban J connectivity index is 1.42. The van der Waals surface area contributed by atoms with Crippen LogP contribution in [-0.2, 0) is 5.41 Å². The Bertz CT molecular complexity index is 1160. The monoisotopic (exact) mass is 464 g/mol. The molecule has 34 heavy (non-hydrogen) atoms. The highest BCUT2D eigenvalue weighted by Gasteiger charge is 2.38. The third-order valence-electron chi connectivity index (χ3n) is 7.55. The van der Waals surface area contributed by atoms with Crippen molar-refractivity contribution in [3.8, 4) is 11.5 Å². The van der Waals surface area contributed by atoms with Gasteiger partial charge >= 0.3 is 0 Å². The summed E-state index contributed by atoms with van der Waals surface area (Å²) in [6.45, 7) is 11.5. The van der Waals surface area contributed by atoms with Crippen LogP contribution < -0.4 is 10.1 Å². The number of carbonyl (C=O) groups is 1. The number of aromatic nitrogens is 2. The third kappa shape index (κ3) is 4.89. The summed E-state index contributed by atoms with van der Waals surface area (Å²) in [4.78, 5) is 23.1. The van der Waals surface area contributed by atoms with Crippen molar-refractivity contribution in [1.82, 2.24) is 20.2 Å². The fourth-order valence-corrected chi connectivity index (χ4v) is 4.93. The van der Waals surface area contributed by atoms with E-state index in [1.54, 1.807) is 13.2 Å². The Hall–Kier alpha value is -3.06. The molecule has 4 rings (SSSR count). The van der Waals surface area contributed by atoms with Crippen LogP contribution in [0.15, 0.2) is 42.5 Å². The van der Waals surface area contributed by atoms with Crippen LogP contribution >= 0.6 is 0 Å². The van der Waals surface area contributed by atoms with Gasteiger partial charge in [0, 0.05) is 25.2 Å². The maximum Gasteiger partial charge on any atom is 0.287 e. The maximum atomic E-state index is 13.0. The second-order valence-corrected chi connectivity index (χ2v) is 10.2. The summed E-state index contributed by atoms with van der Waals surface area (Å²) in [6.07, 6.45) is 1.00. The van der Waals surface area contributed by atoms with Crippen LogP contribution in [0.3, 0.4) is 0 Å². The summed E-state index contributed by atoms with van der Waals surface area (Å²) in [7, 11) is 1.62. The van der Waals surface area contributed by atoms with Crippen molar-refractivity contribution in [2.45, 2.75) is 45.6 Å². The van der Waals surface area contributed by atoms with Crippen LogP contribution in [0.4, 0.5) is 0 Å². The summed E-state index contributed by atoms with van der Waals surface area (Å²) in [5, 5.41) is 13.2. The maximum absolute atomic E-state index is 13.0. The number of aromatic hydroxyl groups is 1. The molecule has 0 saturated carbocycles. The lowest BCUT2D eigenvalue weighted by molar-refractivity contribution is 0.0809. The van der Waals surface area contributed by atoms with Gasteiger partial charge in [-0.15, -0.1) is 0 Å². The Morgan fingerprint density at radius 2 is 2.12 bits per heavy atom. The molecule has 1 fully saturated rings. The normalized spacial score (nSPS) is 22.1. The van der Waals surface area contributed by atoms with Crippen LogP contribution in [0.5, 0.6) is 11.5 Å². The van der Waals surface area contributed by atoms with E-state index in [0.29, 0.717) is 17.5 Å². The molecule has 0 spiro atoms. The van der Waals surface area contributed by atoms with Crippen molar-refractivity contribution in [2.24, 2.45) is 11.8 Å². The molecule has 7 nitrogen and oxygen atoms in total. The van der Waals surface area contributed by atoms with Crippen LogP contribution in [0.25, 0.3) is 11.0 Å². The zero-order valence-electron chi connectivity index (χ0n) is 20.8. The number of carbonyl (C=O) groups excluding carboxylic acids is 1. The quantitative estimate of drug-likeness (QED) is 0.484. The van der Waals surface area contributed by atoms with Gasteiger partial charge in [0.15, 0.2) is 5.82 Å². The number of nitrogens with zero attached hydrogens (tertiary/aromatic N) is 2. The fourth-order valence-electron chi connectivity index (χ4n) is 4.93. The van der Waals surface area contributed by atoms with Crippen LogP contribution in [0.2, 0.25) is 0 Å². The molecule has 3 N–H and O–H groups in total. The van der Waals surface area contributed by atoms with E-state index in [9.17, 15) is 9.90 Å². The summed E-state index contributed by atoms with van der Waals surface area (Å²) in [5.41, 5.74) is 2.72. The molecule has 182 valence electrons. The van der Waals surface area contributed by atoms with Crippen LogP contribution in [0.1, 0.15) is 50.3 Å².